The number of aliphatic carboxylic acids is 2. The van der Waals surface area contributed by atoms with Crippen molar-refractivity contribution in [3.63, 3.8) is 0 Å². The average Bonchev–Trinajstić information content (AvgIpc) is 2.34. The summed E-state index contributed by atoms with van der Waals surface area (Å²) in [5, 5.41) is 68.3. The molecular formula is C10H20O10. The number of rotatable bonds is 6. The normalized spacial score (nSPS) is 17.2. The third-order valence-electron chi connectivity index (χ3n) is 2.03. The molecule has 0 aromatic rings. The van der Waals surface area contributed by atoms with E-state index in [1.165, 1.54) is 13.8 Å². The minimum absolute atomic E-state index is 0.843. The molecular weight excluding hydrogens is 280 g/mol. The number of hydrogen-bond acceptors (Lipinski definition) is 8. The highest BCUT2D eigenvalue weighted by atomic mass is 16.4. The molecule has 0 unspecified atom stereocenters. The van der Waals surface area contributed by atoms with Crippen LogP contribution >= 0.6 is 0 Å². The van der Waals surface area contributed by atoms with E-state index in [-0.39, 0.29) is 0 Å². The summed E-state index contributed by atoms with van der Waals surface area (Å²) in [6.45, 7) is 1.59. The second kappa shape index (κ2) is 8.79. The Morgan fingerprint density at radius 2 is 1.35 bits per heavy atom. The Balaban J connectivity index is 0. The number of carboxylic acids is 2. The van der Waals surface area contributed by atoms with Gasteiger partial charge in [-0.05, 0) is 13.8 Å². The molecule has 0 spiro atoms. The van der Waals surface area contributed by atoms with Crippen LogP contribution in [0.15, 0.2) is 0 Å². The van der Waals surface area contributed by atoms with Crippen molar-refractivity contribution in [3.8, 4) is 0 Å². The first-order valence-corrected chi connectivity index (χ1v) is 5.38. The van der Waals surface area contributed by atoms with Gasteiger partial charge in [0.2, 0.25) is 0 Å². The summed E-state index contributed by atoms with van der Waals surface area (Å²) in [4.78, 5) is 19.9. The van der Waals surface area contributed by atoms with Gasteiger partial charge in [-0.2, -0.15) is 0 Å². The number of carboxylic acid groups (broad SMARTS) is 2. The molecule has 8 N–H and O–H groups in total. The summed E-state index contributed by atoms with van der Waals surface area (Å²) in [6, 6.07) is 0. The molecule has 0 rings (SSSR count). The zero-order valence-electron chi connectivity index (χ0n) is 10.9. The van der Waals surface area contributed by atoms with Gasteiger partial charge in [0, 0.05) is 0 Å². The zero-order valence-corrected chi connectivity index (χ0v) is 10.9. The molecule has 10 heteroatoms. The van der Waals surface area contributed by atoms with Gasteiger partial charge >= 0.3 is 11.9 Å². The van der Waals surface area contributed by atoms with Gasteiger partial charge < -0.3 is 40.9 Å². The molecule has 20 heavy (non-hydrogen) atoms. The Bertz CT molecular complexity index is 310. The van der Waals surface area contributed by atoms with Crippen LogP contribution in [0.25, 0.3) is 0 Å². The van der Waals surface area contributed by atoms with Crippen LogP contribution < -0.4 is 0 Å². The van der Waals surface area contributed by atoms with Gasteiger partial charge in [0.1, 0.15) is 18.3 Å². The second-order valence-electron chi connectivity index (χ2n) is 4.38. The fraction of sp³-hybridized carbons (Fsp3) is 0.800. The third kappa shape index (κ3) is 7.99. The van der Waals surface area contributed by atoms with E-state index in [1.807, 2.05) is 0 Å². The average molecular weight is 300 g/mol. The molecule has 10 nitrogen and oxygen atoms in total. The first-order chi connectivity index (χ1) is 8.86. The first kappa shape index (κ1) is 21.0. The molecule has 0 fully saturated rings. The highest BCUT2D eigenvalue weighted by Gasteiger charge is 2.33. The SMILES string of the molecule is CC(C)(O)C(=O)O.O=C(O)[C@H](O)[C@@H](O)[C@H](O)[C@H](O)CO. The summed E-state index contributed by atoms with van der Waals surface area (Å²) in [6.07, 6.45) is -7.84. The van der Waals surface area contributed by atoms with Crippen molar-refractivity contribution in [2.75, 3.05) is 6.61 Å². The molecule has 4 atom stereocenters. The number of carbonyl (C=O) groups is 2. The molecule has 0 aliphatic rings. The Morgan fingerprint density at radius 3 is 1.55 bits per heavy atom. The molecule has 0 aliphatic carbocycles. The molecule has 0 bridgehead atoms. The van der Waals surface area contributed by atoms with Crippen LogP contribution in [0.3, 0.4) is 0 Å². The quantitative estimate of drug-likeness (QED) is 0.242. The van der Waals surface area contributed by atoms with Crippen molar-refractivity contribution < 1.29 is 50.4 Å². The van der Waals surface area contributed by atoms with E-state index in [2.05, 4.69) is 0 Å². The molecule has 0 radical (unpaired) electrons. The molecule has 0 heterocycles. The Morgan fingerprint density at radius 1 is 1.00 bits per heavy atom. The van der Waals surface area contributed by atoms with Crippen molar-refractivity contribution in [1.82, 2.24) is 0 Å². The van der Waals surface area contributed by atoms with Crippen LogP contribution in [0.5, 0.6) is 0 Å². The number of hydrogen-bond donors (Lipinski definition) is 8. The van der Waals surface area contributed by atoms with Gasteiger partial charge in [-0.1, -0.05) is 0 Å². The fourth-order valence-corrected chi connectivity index (χ4v) is 0.668. The van der Waals surface area contributed by atoms with Crippen molar-refractivity contribution >= 4 is 11.9 Å². The Hall–Kier alpha value is -1.30. The lowest BCUT2D eigenvalue weighted by atomic mass is 10.0. The second-order valence-corrected chi connectivity index (χ2v) is 4.38. The Kier molecular flexibility index (Phi) is 9.23. The standard InChI is InChI=1S/C6H12O7.C4H8O3/c7-1-2(8)3(9)4(10)5(11)6(12)13;1-4(2,7)3(5)6/h2-5,7-11H,1H2,(H,12,13);7H,1-2H3,(H,5,6)/t2-,3-,4+,5-;/m1./s1. The lowest BCUT2D eigenvalue weighted by molar-refractivity contribution is -0.164. The van der Waals surface area contributed by atoms with Gasteiger partial charge in [0.15, 0.2) is 11.7 Å². The van der Waals surface area contributed by atoms with Gasteiger partial charge in [0.25, 0.3) is 0 Å². The molecule has 0 aromatic heterocycles. The number of aliphatic hydroxyl groups is 6. The molecule has 0 amide bonds. The largest absolute Gasteiger partial charge is 0.479 e. The predicted molar refractivity (Wildman–Crippen MR) is 62.7 cm³/mol. The lowest BCUT2D eigenvalue weighted by Gasteiger charge is -2.23. The molecule has 0 saturated heterocycles. The monoisotopic (exact) mass is 300 g/mol. The Labute approximate surface area is 114 Å². The van der Waals surface area contributed by atoms with Crippen LogP contribution in [-0.2, 0) is 9.59 Å². The van der Waals surface area contributed by atoms with Gasteiger partial charge in [-0.25, -0.2) is 9.59 Å². The first-order valence-electron chi connectivity index (χ1n) is 5.38. The zero-order chi connectivity index (χ0) is 16.7. The van der Waals surface area contributed by atoms with E-state index < -0.39 is 48.6 Å². The molecule has 0 aromatic carbocycles. The van der Waals surface area contributed by atoms with Gasteiger partial charge in [-0.3, -0.25) is 0 Å². The fourth-order valence-electron chi connectivity index (χ4n) is 0.668. The van der Waals surface area contributed by atoms with Crippen molar-refractivity contribution in [2.45, 2.75) is 43.9 Å². The van der Waals surface area contributed by atoms with E-state index in [0.717, 1.165) is 0 Å². The maximum Gasteiger partial charge on any atom is 0.335 e. The molecule has 120 valence electrons. The molecule has 0 aliphatic heterocycles. The van der Waals surface area contributed by atoms with Crippen LogP contribution in [0, 0.1) is 0 Å². The summed E-state index contributed by atoms with van der Waals surface area (Å²) >= 11 is 0. The third-order valence-corrected chi connectivity index (χ3v) is 2.03. The summed E-state index contributed by atoms with van der Waals surface area (Å²) in [7, 11) is 0. The lowest BCUT2D eigenvalue weighted by Crippen LogP contribution is -2.48. The van der Waals surface area contributed by atoms with Crippen LogP contribution in [0.2, 0.25) is 0 Å². The van der Waals surface area contributed by atoms with Gasteiger partial charge in [0.05, 0.1) is 6.61 Å². The topological polar surface area (TPSA) is 196 Å². The summed E-state index contributed by atoms with van der Waals surface area (Å²) < 4.78 is 0. The number of aliphatic hydroxyl groups excluding tert-OH is 5. The minimum Gasteiger partial charge on any atom is -0.479 e. The van der Waals surface area contributed by atoms with E-state index >= 15 is 0 Å². The van der Waals surface area contributed by atoms with E-state index in [0.29, 0.717) is 0 Å². The van der Waals surface area contributed by atoms with Crippen LogP contribution in [0.1, 0.15) is 13.8 Å². The van der Waals surface area contributed by atoms with Gasteiger partial charge in [-0.15, -0.1) is 0 Å². The summed E-state index contributed by atoms with van der Waals surface area (Å²) in [5.74, 6) is -2.93. The van der Waals surface area contributed by atoms with Crippen molar-refractivity contribution in [1.29, 1.82) is 0 Å². The molecule has 0 saturated carbocycles. The van der Waals surface area contributed by atoms with Crippen LogP contribution in [0.4, 0.5) is 0 Å². The summed E-state index contributed by atoms with van der Waals surface area (Å²) in [5.41, 5.74) is -1.58. The highest BCUT2D eigenvalue weighted by Crippen LogP contribution is 2.04. The maximum atomic E-state index is 10.1. The van der Waals surface area contributed by atoms with E-state index in [1.54, 1.807) is 0 Å². The smallest absolute Gasteiger partial charge is 0.335 e. The van der Waals surface area contributed by atoms with Crippen LogP contribution in [-0.4, -0.2) is 89.4 Å². The van der Waals surface area contributed by atoms with E-state index in [4.69, 9.17) is 40.9 Å². The van der Waals surface area contributed by atoms with E-state index in [9.17, 15) is 9.59 Å². The maximum absolute atomic E-state index is 10.1. The highest BCUT2D eigenvalue weighted by molar-refractivity contribution is 5.75. The minimum atomic E-state index is -2.20. The van der Waals surface area contributed by atoms with Crippen molar-refractivity contribution in [2.24, 2.45) is 0 Å². The van der Waals surface area contributed by atoms with Crippen molar-refractivity contribution in [3.05, 3.63) is 0 Å². The predicted octanol–water partition coefficient (Wildman–Crippen LogP) is -3.65.